The van der Waals surface area contributed by atoms with Crippen LogP contribution in [0, 0.1) is 5.41 Å². The van der Waals surface area contributed by atoms with Gasteiger partial charge in [0, 0.05) is 22.0 Å². The highest BCUT2D eigenvalue weighted by Crippen LogP contribution is 2.35. The predicted octanol–water partition coefficient (Wildman–Crippen LogP) is 4.86. The fourth-order valence-corrected chi connectivity index (χ4v) is 3.21. The highest BCUT2D eigenvalue weighted by molar-refractivity contribution is 9.11. The van der Waals surface area contributed by atoms with Gasteiger partial charge in [-0.2, -0.15) is 0 Å². The molecule has 1 amide bonds. The zero-order valence-corrected chi connectivity index (χ0v) is 14.6. The molecule has 1 aliphatic heterocycles. The molecular formula is C15H19Br2NO. The minimum atomic E-state index is 0.131. The molecular weight excluding hydrogens is 370 g/mol. The fourth-order valence-electron chi connectivity index (χ4n) is 2.43. The Bertz CT molecular complexity index is 479. The van der Waals surface area contributed by atoms with Crippen LogP contribution in [0.25, 0.3) is 0 Å². The summed E-state index contributed by atoms with van der Waals surface area (Å²) in [6, 6.07) is 5.74. The number of halogens is 2. The molecule has 0 unspecified atom stereocenters. The molecule has 1 fully saturated rings. The first-order valence-corrected chi connectivity index (χ1v) is 8.28. The van der Waals surface area contributed by atoms with Crippen LogP contribution in [0.4, 0.5) is 0 Å². The molecule has 0 N–H and O–H groups in total. The van der Waals surface area contributed by atoms with E-state index < -0.39 is 0 Å². The second-order valence-corrected chi connectivity index (χ2v) is 7.35. The number of carbonyl (C=O) groups excluding carboxylic acids is 1. The van der Waals surface area contributed by atoms with Gasteiger partial charge >= 0.3 is 0 Å². The van der Waals surface area contributed by atoms with E-state index in [0.29, 0.717) is 5.41 Å². The third kappa shape index (κ3) is 3.40. The molecule has 1 aromatic rings. The Morgan fingerprint density at radius 1 is 1.32 bits per heavy atom. The summed E-state index contributed by atoms with van der Waals surface area (Å²) in [5.41, 5.74) is 1.15. The van der Waals surface area contributed by atoms with Crippen molar-refractivity contribution in [1.82, 2.24) is 4.90 Å². The van der Waals surface area contributed by atoms with Gasteiger partial charge in [-0.25, -0.2) is 0 Å². The number of hydrogen-bond acceptors (Lipinski definition) is 1. The van der Waals surface area contributed by atoms with Gasteiger partial charge in [-0.3, -0.25) is 4.79 Å². The predicted molar refractivity (Wildman–Crippen MR) is 85.4 cm³/mol. The van der Waals surface area contributed by atoms with E-state index in [9.17, 15) is 4.79 Å². The van der Waals surface area contributed by atoms with Crippen LogP contribution in [-0.4, -0.2) is 23.9 Å². The smallest absolute Gasteiger partial charge is 0.255 e. The topological polar surface area (TPSA) is 20.3 Å². The van der Waals surface area contributed by atoms with Crippen molar-refractivity contribution < 1.29 is 4.79 Å². The Hall–Kier alpha value is -0.350. The molecule has 2 nitrogen and oxygen atoms in total. The van der Waals surface area contributed by atoms with Crippen molar-refractivity contribution in [3.63, 3.8) is 0 Å². The number of carbonyl (C=O) groups is 1. The number of rotatable bonds is 2. The molecule has 1 aromatic carbocycles. The minimum Gasteiger partial charge on any atom is -0.339 e. The van der Waals surface area contributed by atoms with E-state index in [1.807, 2.05) is 23.1 Å². The SMILES string of the molecule is CCC1(C)CCN(C(=O)c2cc(Br)ccc2Br)CC1. The van der Waals surface area contributed by atoms with Crippen molar-refractivity contribution in [3.05, 3.63) is 32.7 Å². The van der Waals surface area contributed by atoms with Crippen LogP contribution in [0.1, 0.15) is 43.5 Å². The van der Waals surface area contributed by atoms with Gasteiger partial charge in [0.25, 0.3) is 5.91 Å². The van der Waals surface area contributed by atoms with E-state index >= 15 is 0 Å². The summed E-state index contributed by atoms with van der Waals surface area (Å²) >= 11 is 6.89. The zero-order valence-electron chi connectivity index (χ0n) is 11.4. The Morgan fingerprint density at radius 2 is 1.95 bits per heavy atom. The second kappa shape index (κ2) is 5.96. The molecule has 19 heavy (non-hydrogen) atoms. The van der Waals surface area contributed by atoms with E-state index in [1.165, 1.54) is 6.42 Å². The minimum absolute atomic E-state index is 0.131. The Balaban J connectivity index is 2.11. The third-order valence-electron chi connectivity index (χ3n) is 4.27. The molecule has 0 aromatic heterocycles. The van der Waals surface area contributed by atoms with Gasteiger partial charge in [-0.1, -0.05) is 36.2 Å². The number of piperidine rings is 1. The summed E-state index contributed by atoms with van der Waals surface area (Å²) in [5.74, 6) is 0.131. The van der Waals surface area contributed by atoms with Crippen molar-refractivity contribution in [2.24, 2.45) is 5.41 Å². The summed E-state index contributed by atoms with van der Waals surface area (Å²) in [6.07, 6.45) is 3.39. The fraction of sp³-hybridized carbons (Fsp3) is 0.533. The van der Waals surface area contributed by atoms with E-state index in [1.54, 1.807) is 0 Å². The summed E-state index contributed by atoms with van der Waals surface area (Å²) in [6.45, 7) is 6.29. The first-order valence-electron chi connectivity index (χ1n) is 6.69. The van der Waals surface area contributed by atoms with Gasteiger partial charge in [0.05, 0.1) is 5.56 Å². The molecule has 0 atom stereocenters. The Labute approximate surface area is 131 Å². The van der Waals surface area contributed by atoms with Crippen LogP contribution in [-0.2, 0) is 0 Å². The van der Waals surface area contributed by atoms with Crippen LogP contribution >= 0.6 is 31.9 Å². The van der Waals surface area contributed by atoms with Crippen LogP contribution < -0.4 is 0 Å². The van der Waals surface area contributed by atoms with E-state index in [4.69, 9.17) is 0 Å². The maximum absolute atomic E-state index is 12.5. The normalized spacial score (nSPS) is 18.4. The number of nitrogens with zero attached hydrogens (tertiary/aromatic N) is 1. The van der Waals surface area contributed by atoms with Crippen LogP contribution in [0.15, 0.2) is 27.1 Å². The molecule has 2 rings (SSSR count). The Kier molecular flexibility index (Phi) is 4.72. The van der Waals surface area contributed by atoms with Crippen molar-refractivity contribution >= 4 is 37.8 Å². The van der Waals surface area contributed by atoms with Crippen molar-refractivity contribution in [2.75, 3.05) is 13.1 Å². The number of amides is 1. The van der Waals surface area contributed by atoms with Gasteiger partial charge in [-0.15, -0.1) is 0 Å². The summed E-state index contributed by atoms with van der Waals surface area (Å²) in [4.78, 5) is 14.5. The lowest BCUT2D eigenvalue weighted by Crippen LogP contribution is -2.42. The summed E-state index contributed by atoms with van der Waals surface area (Å²) < 4.78 is 1.80. The number of benzene rings is 1. The maximum Gasteiger partial charge on any atom is 0.255 e. The zero-order chi connectivity index (χ0) is 14.0. The van der Waals surface area contributed by atoms with Crippen LogP contribution in [0.3, 0.4) is 0 Å². The quantitative estimate of drug-likeness (QED) is 0.708. The van der Waals surface area contributed by atoms with Gasteiger partial charge in [0.2, 0.25) is 0 Å². The molecule has 1 heterocycles. The lowest BCUT2D eigenvalue weighted by Gasteiger charge is -2.39. The number of likely N-dealkylation sites (tertiary alicyclic amines) is 1. The molecule has 1 aliphatic rings. The largest absolute Gasteiger partial charge is 0.339 e. The molecule has 104 valence electrons. The van der Waals surface area contributed by atoms with Gasteiger partial charge in [0.1, 0.15) is 0 Å². The summed E-state index contributed by atoms with van der Waals surface area (Å²) in [7, 11) is 0. The molecule has 0 radical (unpaired) electrons. The van der Waals surface area contributed by atoms with Crippen molar-refractivity contribution in [3.8, 4) is 0 Å². The van der Waals surface area contributed by atoms with E-state index in [-0.39, 0.29) is 5.91 Å². The van der Waals surface area contributed by atoms with Crippen molar-refractivity contribution in [1.29, 1.82) is 0 Å². The first-order chi connectivity index (χ1) is 8.95. The maximum atomic E-state index is 12.5. The first kappa shape index (κ1) is 15.0. The van der Waals surface area contributed by atoms with Gasteiger partial charge < -0.3 is 4.90 Å². The van der Waals surface area contributed by atoms with Gasteiger partial charge in [-0.05, 0) is 52.4 Å². The monoisotopic (exact) mass is 387 g/mol. The average Bonchev–Trinajstić information content (AvgIpc) is 2.42. The van der Waals surface area contributed by atoms with Crippen LogP contribution in [0.5, 0.6) is 0 Å². The van der Waals surface area contributed by atoms with E-state index in [2.05, 4.69) is 45.7 Å². The Morgan fingerprint density at radius 3 is 2.53 bits per heavy atom. The van der Waals surface area contributed by atoms with Crippen LogP contribution in [0.2, 0.25) is 0 Å². The molecule has 0 spiro atoms. The highest BCUT2D eigenvalue weighted by Gasteiger charge is 2.31. The lowest BCUT2D eigenvalue weighted by atomic mass is 9.78. The molecule has 4 heteroatoms. The van der Waals surface area contributed by atoms with E-state index in [0.717, 1.165) is 40.4 Å². The third-order valence-corrected chi connectivity index (χ3v) is 5.45. The standard InChI is InChI=1S/C15H19Br2NO/c1-3-15(2)6-8-18(9-7-15)14(19)12-10-11(16)4-5-13(12)17/h4-5,10H,3,6-9H2,1-2H3. The molecule has 1 saturated heterocycles. The lowest BCUT2D eigenvalue weighted by molar-refractivity contribution is 0.0599. The molecule has 0 aliphatic carbocycles. The van der Waals surface area contributed by atoms with Crippen molar-refractivity contribution in [2.45, 2.75) is 33.1 Å². The average molecular weight is 389 g/mol. The van der Waals surface area contributed by atoms with Gasteiger partial charge in [0.15, 0.2) is 0 Å². The molecule has 0 saturated carbocycles. The second-order valence-electron chi connectivity index (χ2n) is 5.58. The molecule has 0 bridgehead atoms. The number of hydrogen-bond donors (Lipinski definition) is 0. The highest BCUT2D eigenvalue weighted by atomic mass is 79.9. The summed E-state index contributed by atoms with van der Waals surface area (Å²) in [5, 5.41) is 0.